The highest BCUT2D eigenvalue weighted by Crippen LogP contribution is 2.19. The molecule has 0 bridgehead atoms. The van der Waals surface area contributed by atoms with Crippen molar-refractivity contribution < 1.29 is 14.3 Å². The molecule has 104 valence electrons. The molecule has 18 heavy (non-hydrogen) atoms. The molecule has 1 fully saturated rings. The number of piperidine rings is 1. The lowest BCUT2D eigenvalue weighted by Gasteiger charge is -2.29. The molecule has 0 spiro atoms. The molecule has 5 nitrogen and oxygen atoms in total. The molecule has 3 atom stereocenters. The van der Waals surface area contributed by atoms with Crippen molar-refractivity contribution in [2.24, 2.45) is 5.92 Å². The van der Waals surface area contributed by atoms with E-state index in [1.165, 1.54) is 0 Å². The summed E-state index contributed by atoms with van der Waals surface area (Å²) in [5.41, 5.74) is 0. The number of ether oxygens (including phenoxy) is 1. The van der Waals surface area contributed by atoms with Crippen molar-refractivity contribution in [2.45, 2.75) is 52.1 Å². The SMILES string of the molecule is CCOC(=O)C(C)NC(=O)C1CC(CC)CCN1. The third kappa shape index (κ3) is 4.29. The second-order valence-electron chi connectivity index (χ2n) is 4.79. The topological polar surface area (TPSA) is 67.4 Å². The van der Waals surface area contributed by atoms with E-state index >= 15 is 0 Å². The maximum absolute atomic E-state index is 12.0. The Bertz CT molecular complexity index is 294. The number of hydrogen-bond acceptors (Lipinski definition) is 4. The van der Waals surface area contributed by atoms with E-state index in [1.54, 1.807) is 13.8 Å². The molecular weight excluding hydrogens is 232 g/mol. The number of carbonyl (C=O) groups excluding carboxylic acids is 2. The third-order valence-electron chi connectivity index (χ3n) is 3.41. The smallest absolute Gasteiger partial charge is 0.328 e. The van der Waals surface area contributed by atoms with E-state index in [0.29, 0.717) is 12.5 Å². The van der Waals surface area contributed by atoms with Crippen LogP contribution in [0.25, 0.3) is 0 Å². The van der Waals surface area contributed by atoms with Gasteiger partial charge in [-0.1, -0.05) is 13.3 Å². The van der Waals surface area contributed by atoms with Gasteiger partial charge in [-0.25, -0.2) is 4.79 Å². The monoisotopic (exact) mass is 256 g/mol. The normalized spacial score (nSPS) is 25.3. The molecular formula is C13H24N2O3. The fourth-order valence-electron chi connectivity index (χ4n) is 2.21. The van der Waals surface area contributed by atoms with Gasteiger partial charge in [0.25, 0.3) is 0 Å². The van der Waals surface area contributed by atoms with Gasteiger partial charge >= 0.3 is 5.97 Å². The van der Waals surface area contributed by atoms with Crippen LogP contribution in [0.1, 0.15) is 40.0 Å². The summed E-state index contributed by atoms with van der Waals surface area (Å²) in [7, 11) is 0. The van der Waals surface area contributed by atoms with Gasteiger partial charge < -0.3 is 15.4 Å². The number of carbonyl (C=O) groups is 2. The van der Waals surface area contributed by atoms with Crippen LogP contribution in [0.15, 0.2) is 0 Å². The van der Waals surface area contributed by atoms with Gasteiger partial charge in [0.1, 0.15) is 6.04 Å². The van der Waals surface area contributed by atoms with Gasteiger partial charge in [0.05, 0.1) is 12.6 Å². The minimum Gasteiger partial charge on any atom is -0.464 e. The Morgan fingerprint density at radius 2 is 2.17 bits per heavy atom. The molecule has 5 heteroatoms. The second-order valence-corrected chi connectivity index (χ2v) is 4.79. The number of hydrogen-bond donors (Lipinski definition) is 2. The molecule has 1 amide bonds. The molecule has 0 radical (unpaired) electrons. The van der Waals surface area contributed by atoms with Crippen LogP contribution >= 0.6 is 0 Å². The highest BCUT2D eigenvalue weighted by atomic mass is 16.5. The summed E-state index contributed by atoms with van der Waals surface area (Å²) >= 11 is 0. The molecule has 0 aromatic heterocycles. The van der Waals surface area contributed by atoms with Gasteiger partial charge in [-0.05, 0) is 39.2 Å². The summed E-state index contributed by atoms with van der Waals surface area (Å²) in [6, 6.07) is -0.762. The fourth-order valence-corrected chi connectivity index (χ4v) is 2.21. The van der Waals surface area contributed by atoms with Crippen molar-refractivity contribution in [3.05, 3.63) is 0 Å². The van der Waals surface area contributed by atoms with E-state index in [9.17, 15) is 9.59 Å². The van der Waals surface area contributed by atoms with Crippen LogP contribution in [0, 0.1) is 5.92 Å². The molecule has 1 rings (SSSR count). The zero-order valence-electron chi connectivity index (χ0n) is 11.5. The standard InChI is InChI=1S/C13H24N2O3/c1-4-10-6-7-14-11(8-10)12(16)15-9(3)13(17)18-5-2/h9-11,14H,4-8H2,1-3H3,(H,15,16). The van der Waals surface area contributed by atoms with E-state index in [0.717, 1.165) is 25.8 Å². The fraction of sp³-hybridized carbons (Fsp3) is 0.846. The van der Waals surface area contributed by atoms with E-state index in [4.69, 9.17) is 4.74 Å². The zero-order valence-corrected chi connectivity index (χ0v) is 11.5. The average Bonchev–Trinajstić information content (AvgIpc) is 2.39. The molecule has 1 saturated heterocycles. The first-order valence-electron chi connectivity index (χ1n) is 6.78. The van der Waals surface area contributed by atoms with Crippen LogP contribution in [0.5, 0.6) is 0 Å². The summed E-state index contributed by atoms with van der Waals surface area (Å²) in [5.74, 6) is 0.113. The minimum absolute atomic E-state index is 0.103. The Hall–Kier alpha value is -1.10. The van der Waals surface area contributed by atoms with E-state index in [-0.39, 0.29) is 17.9 Å². The van der Waals surface area contributed by atoms with Gasteiger partial charge in [-0.3, -0.25) is 4.79 Å². The number of amides is 1. The van der Waals surface area contributed by atoms with Gasteiger partial charge in [0.15, 0.2) is 0 Å². The van der Waals surface area contributed by atoms with Crippen molar-refractivity contribution in [2.75, 3.05) is 13.2 Å². The summed E-state index contributed by atoms with van der Waals surface area (Å²) in [5, 5.41) is 5.90. The summed E-state index contributed by atoms with van der Waals surface area (Å²) in [4.78, 5) is 23.4. The van der Waals surface area contributed by atoms with E-state index in [2.05, 4.69) is 17.6 Å². The Labute approximate surface area is 109 Å². The van der Waals surface area contributed by atoms with Crippen LogP contribution in [-0.4, -0.2) is 37.1 Å². The van der Waals surface area contributed by atoms with Crippen LogP contribution in [0.4, 0.5) is 0 Å². The van der Waals surface area contributed by atoms with Gasteiger partial charge in [-0.2, -0.15) is 0 Å². The lowest BCUT2D eigenvalue weighted by molar-refractivity contribution is -0.147. The summed E-state index contributed by atoms with van der Waals surface area (Å²) in [6.45, 7) is 6.74. The Kier molecular flexibility index (Phi) is 6.12. The molecule has 1 aliphatic heterocycles. The number of nitrogens with one attached hydrogen (secondary N) is 2. The average molecular weight is 256 g/mol. The lowest BCUT2D eigenvalue weighted by atomic mass is 9.90. The second kappa shape index (κ2) is 7.36. The predicted molar refractivity (Wildman–Crippen MR) is 69.0 cm³/mol. The first-order chi connectivity index (χ1) is 8.58. The first-order valence-corrected chi connectivity index (χ1v) is 6.78. The largest absolute Gasteiger partial charge is 0.464 e. The van der Waals surface area contributed by atoms with Crippen LogP contribution < -0.4 is 10.6 Å². The number of rotatable bonds is 5. The van der Waals surface area contributed by atoms with Crippen LogP contribution in [-0.2, 0) is 14.3 Å². The van der Waals surface area contributed by atoms with Crippen molar-refractivity contribution in [3.8, 4) is 0 Å². The molecule has 0 aromatic rings. The quantitative estimate of drug-likeness (QED) is 0.715. The molecule has 3 unspecified atom stereocenters. The first kappa shape index (κ1) is 15.0. The molecule has 0 aliphatic carbocycles. The van der Waals surface area contributed by atoms with Gasteiger partial charge in [-0.15, -0.1) is 0 Å². The van der Waals surface area contributed by atoms with Crippen LogP contribution in [0.2, 0.25) is 0 Å². The third-order valence-corrected chi connectivity index (χ3v) is 3.41. The highest BCUT2D eigenvalue weighted by Gasteiger charge is 2.28. The van der Waals surface area contributed by atoms with E-state index in [1.807, 2.05) is 0 Å². The maximum Gasteiger partial charge on any atom is 0.328 e. The number of esters is 1. The molecule has 1 heterocycles. The van der Waals surface area contributed by atoms with Crippen molar-refractivity contribution in [1.82, 2.24) is 10.6 Å². The maximum atomic E-state index is 12.0. The summed E-state index contributed by atoms with van der Waals surface area (Å²) < 4.78 is 4.86. The lowest BCUT2D eigenvalue weighted by Crippen LogP contribution is -2.52. The molecule has 1 aliphatic rings. The van der Waals surface area contributed by atoms with Gasteiger partial charge in [0.2, 0.25) is 5.91 Å². The van der Waals surface area contributed by atoms with Crippen molar-refractivity contribution >= 4 is 11.9 Å². The van der Waals surface area contributed by atoms with Gasteiger partial charge in [0, 0.05) is 0 Å². The Morgan fingerprint density at radius 1 is 1.44 bits per heavy atom. The van der Waals surface area contributed by atoms with Crippen molar-refractivity contribution in [3.63, 3.8) is 0 Å². The molecule has 0 saturated carbocycles. The molecule has 2 N–H and O–H groups in total. The summed E-state index contributed by atoms with van der Waals surface area (Å²) in [6.07, 6.45) is 3.06. The highest BCUT2D eigenvalue weighted by molar-refractivity contribution is 5.87. The Morgan fingerprint density at radius 3 is 2.78 bits per heavy atom. The molecule has 0 aromatic carbocycles. The van der Waals surface area contributed by atoms with Crippen molar-refractivity contribution in [1.29, 1.82) is 0 Å². The van der Waals surface area contributed by atoms with E-state index < -0.39 is 6.04 Å². The zero-order chi connectivity index (χ0) is 13.5. The predicted octanol–water partition coefficient (Wildman–Crippen LogP) is 0.832. The minimum atomic E-state index is -0.582. The van der Waals surface area contributed by atoms with Crippen LogP contribution in [0.3, 0.4) is 0 Å². The Balaban J connectivity index is 2.42.